The van der Waals surface area contributed by atoms with Crippen LogP contribution in [-0.2, 0) is 19.9 Å². The number of phenolic OH excluding ortho intramolecular Hbond substituents is 1. The third kappa shape index (κ3) is 4.15. The minimum Gasteiger partial charge on any atom is -0.508 e. The van der Waals surface area contributed by atoms with E-state index in [9.17, 15) is 19.6 Å². The summed E-state index contributed by atoms with van der Waals surface area (Å²) in [6.07, 6.45) is 7.36. The number of allylic oxidation sites excluding steroid dienone is 5. The molecule has 1 fully saturated rings. The first-order chi connectivity index (χ1) is 15.2. The summed E-state index contributed by atoms with van der Waals surface area (Å²) in [5.41, 5.74) is 0.558. The van der Waals surface area contributed by atoms with Gasteiger partial charge in [-0.2, -0.15) is 0 Å². The standard InChI is InChI=1S/C24H22N2O6/c1-5-7-18(25-15(4)27)10-16-13-24(32-23(16)29)14(3)21(11-17(6-2)26-30)31-22-12-19(28)8-9-20(22)24/h5-12,28H,1-2,13H2,3-4H3,(H,25,27)/b16-10+,17-11+,18-7+. The number of ether oxygens (including phenoxy) is 2. The van der Waals surface area contributed by atoms with Crippen LogP contribution in [0.15, 0.2) is 95.2 Å². The molecule has 0 aliphatic carbocycles. The number of hydrogen-bond acceptors (Lipinski definition) is 7. The smallest absolute Gasteiger partial charge is 0.335 e. The first-order valence-corrected chi connectivity index (χ1v) is 9.68. The summed E-state index contributed by atoms with van der Waals surface area (Å²) in [6.45, 7) is 10.2. The van der Waals surface area contributed by atoms with E-state index in [2.05, 4.69) is 23.7 Å². The molecule has 2 aliphatic heterocycles. The zero-order chi connectivity index (χ0) is 23.5. The van der Waals surface area contributed by atoms with Crippen molar-refractivity contribution in [3.8, 4) is 11.5 Å². The van der Waals surface area contributed by atoms with Crippen LogP contribution in [0, 0.1) is 4.91 Å². The van der Waals surface area contributed by atoms with Crippen molar-refractivity contribution < 1.29 is 24.2 Å². The maximum absolute atomic E-state index is 12.9. The van der Waals surface area contributed by atoms with Gasteiger partial charge in [0.15, 0.2) is 5.60 Å². The zero-order valence-electron chi connectivity index (χ0n) is 17.7. The molecule has 1 amide bonds. The van der Waals surface area contributed by atoms with Gasteiger partial charge in [0.2, 0.25) is 5.91 Å². The summed E-state index contributed by atoms with van der Waals surface area (Å²) >= 11 is 0. The Labute approximate surface area is 184 Å². The molecule has 32 heavy (non-hydrogen) atoms. The Hall–Kier alpha value is -4.20. The Morgan fingerprint density at radius 1 is 1.34 bits per heavy atom. The number of fused-ring (bicyclic) bond motifs is 2. The van der Waals surface area contributed by atoms with Crippen molar-refractivity contribution in [3.63, 3.8) is 0 Å². The van der Waals surface area contributed by atoms with Gasteiger partial charge < -0.3 is 19.9 Å². The average Bonchev–Trinajstić information content (AvgIpc) is 3.06. The molecule has 1 saturated heterocycles. The van der Waals surface area contributed by atoms with Crippen LogP contribution in [0.5, 0.6) is 11.5 Å². The molecule has 1 aromatic carbocycles. The molecule has 0 aromatic heterocycles. The van der Waals surface area contributed by atoms with E-state index in [0.717, 1.165) is 0 Å². The minimum atomic E-state index is -1.24. The van der Waals surface area contributed by atoms with Gasteiger partial charge in [0.1, 0.15) is 23.0 Å². The van der Waals surface area contributed by atoms with E-state index in [1.807, 2.05) is 0 Å². The van der Waals surface area contributed by atoms with Crippen LogP contribution in [0.3, 0.4) is 0 Å². The predicted molar refractivity (Wildman–Crippen MR) is 118 cm³/mol. The van der Waals surface area contributed by atoms with Crippen molar-refractivity contribution in [2.45, 2.75) is 25.9 Å². The van der Waals surface area contributed by atoms with Crippen LogP contribution in [0.2, 0.25) is 0 Å². The van der Waals surface area contributed by atoms with Crippen LogP contribution in [-0.4, -0.2) is 17.0 Å². The Balaban J connectivity index is 2.18. The van der Waals surface area contributed by atoms with Gasteiger partial charge in [-0.05, 0) is 42.5 Å². The summed E-state index contributed by atoms with van der Waals surface area (Å²) in [7, 11) is 0. The maximum Gasteiger partial charge on any atom is 0.335 e. The molecule has 1 spiro atoms. The van der Waals surface area contributed by atoms with Gasteiger partial charge in [0.25, 0.3) is 0 Å². The molecule has 8 nitrogen and oxygen atoms in total. The highest BCUT2D eigenvalue weighted by Gasteiger charge is 2.51. The molecule has 3 rings (SSSR count). The van der Waals surface area contributed by atoms with Crippen molar-refractivity contribution in [1.29, 1.82) is 0 Å². The van der Waals surface area contributed by atoms with Crippen molar-refractivity contribution in [3.05, 3.63) is 101 Å². The van der Waals surface area contributed by atoms with E-state index in [0.29, 0.717) is 22.4 Å². The number of phenols is 1. The highest BCUT2D eigenvalue weighted by Crippen LogP contribution is 2.53. The normalized spacial score (nSPS) is 21.7. The summed E-state index contributed by atoms with van der Waals surface area (Å²) in [4.78, 5) is 35.4. The van der Waals surface area contributed by atoms with Gasteiger partial charge in [0.05, 0.1) is 0 Å². The van der Waals surface area contributed by atoms with E-state index in [1.165, 1.54) is 43.4 Å². The second-order valence-corrected chi connectivity index (χ2v) is 7.24. The molecular weight excluding hydrogens is 412 g/mol. The highest BCUT2D eigenvalue weighted by atomic mass is 16.6. The van der Waals surface area contributed by atoms with Gasteiger partial charge >= 0.3 is 5.97 Å². The fraction of sp³-hybridized carbons (Fsp3) is 0.167. The number of carbonyl (C=O) groups is 2. The Morgan fingerprint density at radius 2 is 2.09 bits per heavy atom. The number of nitrogens with zero attached hydrogens (tertiary/aromatic N) is 1. The fourth-order valence-electron chi connectivity index (χ4n) is 3.63. The second kappa shape index (κ2) is 8.89. The lowest BCUT2D eigenvalue weighted by atomic mass is 9.80. The minimum absolute atomic E-state index is 0.0278. The molecule has 2 N–H and O–H groups in total. The third-order valence-electron chi connectivity index (χ3n) is 5.11. The summed E-state index contributed by atoms with van der Waals surface area (Å²) in [6, 6.07) is 4.48. The number of carbonyl (C=O) groups excluding carboxylic acids is 2. The fourth-order valence-corrected chi connectivity index (χ4v) is 3.63. The van der Waals surface area contributed by atoms with E-state index in [1.54, 1.807) is 19.1 Å². The molecule has 2 aliphatic rings. The molecule has 0 radical (unpaired) electrons. The number of nitroso groups, excluding NO2 is 1. The highest BCUT2D eigenvalue weighted by molar-refractivity contribution is 5.93. The molecule has 1 aromatic rings. The monoisotopic (exact) mass is 434 g/mol. The molecule has 2 heterocycles. The van der Waals surface area contributed by atoms with Crippen molar-refractivity contribution in [2.75, 3.05) is 0 Å². The second-order valence-electron chi connectivity index (χ2n) is 7.24. The molecule has 1 unspecified atom stereocenters. The number of benzene rings is 1. The third-order valence-corrected chi connectivity index (χ3v) is 5.11. The molecule has 0 bridgehead atoms. The Kier molecular flexibility index (Phi) is 6.25. The van der Waals surface area contributed by atoms with E-state index in [4.69, 9.17) is 9.47 Å². The maximum atomic E-state index is 12.9. The van der Waals surface area contributed by atoms with Crippen LogP contribution in [0.25, 0.3) is 0 Å². The number of esters is 1. The van der Waals surface area contributed by atoms with Crippen LogP contribution in [0.4, 0.5) is 0 Å². The first-order valence-electron chi connectivity index (χ1n) is 9.68. The number of hydrogen-bond donors (Lipinski definition) is 2. The van der Waals surface area contributed by atoms with E-state index >= 15 is 0 Å². The van der Waals surface area contributed by atoms with E-state index < -0.39 is 11.6 Å². The molecule has 164 valence electrons. The Morgan fingerprint density at radius 3 is 2.72 bits per heavy atom. The van der Waals surface area contributed by atoms with Gasteiger partial charge in [-0.3, -0.25) is 4.79 Å². The molecular formula is C24H22N2O6. The molecule has 1 atom stereocenters. The van der Waals surface area contributed by atoms with Crippen LogP contribution < -0.4 is 10.1 Å². The van der Waals surface area contributed by atoms with Gasteiger partial charge in [-0.1, -0.05) is 19.2 Å². The lowest BCUT2D eigenvalue weighted by molar-refractivity contribution is -0.145. The quantitative estimate of drug-likeness (QED) is 0.301. The SMILES string of the molecule is C=C/C=C(\C=C1/CC2(OC1=O)C(C)=C(/C=C(\C=C)N=O)Oc1cc(O)ccc12)NC(C)=O. The molecule has 0 saturated carbocycles. The number of amides is 1. The largest absolute Gasteiger partial charge is 0.508 e. The topological polar surface area (TPSA) is 114 Å². The Bertz CT molecular complexity index is 1150. The summed E-state index contributed by atoms with van der Waals surface area (Å²) in [5.74, 6) is -0.401. The lowest BCUT2D eigenvalue weighted by Crippen LogP contribution is -2.32. The number of rotatable bonds is 6. The lowest BCUT2D eigenvalue weighted by Gasteiger charge is -2.35. The number of aromatic hydroxyl groups is 1. The first kappa shape index (κ1) is 22.5. The summed E-state index contributed by atoms with van der Waals surface area (Å²) < 4.78 is 11.8. The van der Waals surface area contributed by atoms with Crippen molar-refractivity contribution in [1.82, 2.24) is 5.32 Å². The van der Waals surface area contributed by atoms with E-state index in [-0.39, 0.29) is 35.3 Å². The zero-order valence-corrected chi connectivity index (χ0v) is 17.7. The predicted octanol–water partition coefficient (Wildman–Crippen LogP) is 4.17. The van der Waals surface area contributed by atoms with Crippen molar-refractivity contribution in [2.24, 2.45) is 5.18 Å². The number of nitrogens with one attached hydrogen (secondary N) is 1. The summed E-state index contributed by atoms with van der Waals surface area (Å²) in [5, 5.41) is 15.5. The average molecular weight is 434 g/mol. The van der Waals surface area contributed by atoms with Gasteiger partial charge in [-0.25, -0.2) is 4.79 Å². The van der Waals surface area contributed by atoms with Crippen LogP contribution >= 0.6 is 0 Å². The molecule has 8 heteroatoms. The van der Waals surface area contributed by atoms with Gasteiger partial charge in [-0.15, -0.1) is 4.91 Å². The van der Waals surface area contributed by atoms with Gasteiger partial charge in [0, 0.05) is 47.9 Å². The van der Waals surface area contributed by atoms with Crippen molar-refractivity contribution >= 4 is 11.9 Å². The van der Waals surface area contributed by atoms with Crippen LogP contribution in [0.1, 0.15) is 25.8 Å².